The summed E-state index contributed by atoms with van der Waals surface area (Å²) in [5.74, 6) is 1.62. The second-order valence-corrected chi connectivity index (χ2v) is 5.24. The maximum absolute atomic E-state index is 5.98. The quantitative estimate of drug-likeness (QED) is 0.589. The fraction of sp³-hybridized carbons (Fsp3) is 0.167. The Labute approximate surface area is 124 Å². The van der Waals surface area contributed by atoms with Gasteiger partial charge in [0.05, 0.1) is 5.02 Å². The van der Waals surface area contributed by atoms with E-state index in [0.717, 1.165) is 0 Å². The third-order valence-corrected chi connectivity index (χ3v) is 3.36. The Hall–Kier alpha value is -1.17. The van der Waals surface area contributed by atoms with Crippen LogP contribution >= 0.6 is 35.0 Å². The number of rotatable bonds is 6. The van der Waals surface area contributed by atoms with Crippen molar-refractivity contribution >= 4 is 35.0 Å². The molecule has 0 saturated carbocycles. The maximum Gasteiger partial charge on any atom is 0.277 e. The van der Waals surface area contributed by atoms with E-state index in [1.807, 2.05) is 0 Å². The summed E-state index contributed by atoms with van der Waals surface area (Å²) in [7, 11) is 0. The number of thioether (sulfide) groups is 1. The molecular formula is C12H10Cl2N2O2S. The molecule has 4 nitrogen and oxygen atoms in total. The summed E-state index contributed by atoms with van der Waals surface area (Å²) in [6, 6.07) is 4.99. The van der Waals surface area contributed by atoms with E-state index in [1.54, 1.807) is 24.3 Å². The van der Waals surface area contributed by atoms with Gasteiger partial charge in [-0.2, -0.15) is 0 Å². The lowest BCUT2D eigenvalue weighted by atomic mass is 10.3. The lowest BCUT2D eigenvalue weighted by Crippen LogP contribution is -1.96. The SMILES string of the molecule is C=CCSc1nnc(COc2ccc(Cl)cc2Cl)o1. The van der Waals surface area contributed by atoms with Crippen LogP contribution in [-0.2, 0) is 6.61 Å². The first-order valence-corrected chi connectivity index (χ1v) is 7.07. The lowest BCUT2D eigenvalue weighted by molar-refractivity contribution is 0.252. The molecule has 0 unspecified atom stereocenters. The number of ether oxygens (including phenoxy) is 1. The van der Waals surface area contributed by atoms with Gasteiger partial charge in [-0.15, -0.1) is 16.8 Å². The Balaban J connectivity index is 1.94. The molecule has 0 fully saturated rings. The first-order chi connectivity index (χ1) is 9.19. The molecule has 0 radical (unpaired) electrons. The molecule has 0 aliphatic carbocycles. The number of nitrogens with zero attached hydrogens (tertiary/aromatic N) is 2. The molecular weight excluding hydrogens is 307 g/mol. The normalized spacial score (nSPS) is 10.4. The number of benzene rings is 1. The largest absolute Gasteiger partial charge is 0.482 e. The number of aromatic nitrogens is 2. The first kappa shape index (κ1) is 14.2. The molecule has 1 aromatic carbocycles. The molecule has 0 saturated heterocycles. The average molecular weight is 317 g/mol. The second kappa shape index (κ2) is 6.84. The van der Waals surface area contributed by atoms with Gasteiger partial charge in [-0.25, -0.2) is 0 Å². The van der Waals surface area contributed by atoms with Crippen LogP contribution in [0.4, 0.5) is 0 Å². The van der Waals surface area contributed by atoms with Gasteiger partial charge in [0.25, 0.3) is 11.1 Å². The van der Waals surface area contributed by atoms with Crippen LogP contribution in [0.1, 0.15) is 5.89 Å². The van der Waals surface area contributed by atoms with Crippen LogP contribution in [0.25, 0.3) is 0 Å². The molecule has 1 heterocycles. The summed E-state index contributed by atoms with van der Waals surface area (Å²) in [5.41, 5.74) is 0. The van der Waals surface area contributed by atoms with Gasteiger partial charge in [0.15, 0.2) is 6.61 Å². The van der Waals surface area contributed by atoms with Crippen molar-refractivity contribution in [1.82, 2.24) is 10.2 Å². The fourth-order valence-electron chi connectivity index (χ4n) is 1.22. The van der Waals surface area contributed by atoms with E-state index >= 15 is 0 Å². The minimum Gasteiger partial charge on any atom is -0.482 e. The van der Waals surface area contributed by atoms with Crippen molar-refractivity contribution in [3.63, 3.8) is 0 Å². The van der Waals surface area contributed by atoms with Gasteiger partial charge < -0.3 is 9.15 Å². The van der Waals surface area contributed by atoms with Crippen LogP contribution in [0.15, 0.2) is 40.5 Å². The predicted molar refractivity (Wildman–Crippen MR) is 76.0 cm³/mol. The highest BCUT2D eigenvalue weighted by Crippen LogP contribution is 2.28. The zero-order valence-corrected chi connectivity index (χ0v) is 12.1. The van der Waals surface area contributed by atoms with Crippen molar-refractivity contribution in [2.75, 3.05) is 5.75 Å². The second-order valence-electron chi connectivity index (χ2n) is 3.42. The molecule has 0 aliphatic heterocycles. The minimum absolute atomic E-state index is 0.156. The summed E-state index contributed by atoms with van der Waals surface area (Å²) < 4.78 is 10.8. The lowest BCUT2D eigenvalue weighted by Gasteiger charge is -2.05. The standard InChI is InChI=1S/C12H10Cl2N2O2S/c1-2-5-19-12-16-15-11(18-12)7-17-10-4-3-8(13)6-9(10)14/h2-4,6H,1,5,7H2. The number of hydrogen-bond donors (Lipinski definition) is 0. The van der Waals surface area contributed by atoms with Crippen LogP contribution in [0.3, 0.4) is 0 Å². The predicted octanol–water partition coefficient (Wildman–Crippen LogP) is 4.23. The van der Waals surface area contributed by atoms with Crippen molar-refractivity contribution < 1.29 is 9.15 Å². The molecule has 100 valence electrons. The van der Waals surface area contributed by atoms with E-state index in [4.69, 9.17) is 32.4 Å². The molecule has 0 spiro atoms. The van der Waals surface area contributed by atoms with E-state index in [1.165, 1.54) is 11.8 Å². The topological polar surface area (TPSA) is 48.2 Å². The Morgan fingerprint density at radius 1 is 1.37 bits per heavy atom. The van der Waals surface area contributed by atoms with Crippen molar-refractivity contribution in [1.29, 1.82) is 0 Å². The maximum atomic E-state index is 5.98. The van der Waals surface area contributed by atoms with E-state index in [9.17, 15) is 0 Å². The summed E-state index contributed by atoms with van der Waals surface area (Å²) >= 11 is 13.2. The third kappa shape index (κ3) is 4.16. The summed E-state index contributed by atoms with van der Waals surface area (Å²) in [6.07, 6.45) is 1.76. The molecule has 0 amide bonds. The van der Waals surface area contributed by atoms with Gasteiger partial charge >= 0.3 is 0 Å². The Morgan fingerprint density at radius 2 is 2.21 bits per heavy atom. The summed E-state index contributed by atoms with van der Waals surface area (Å²) in [6.45, 7) is 3.77. The van der Waals surface area contributed by atoms with Crippen LogP contribution in [-0.4, -0.2) is 16.0 Å². The summed E-state index contributed by atoms with van der Waals surface area (Å²) in [5, 5.41) is 9.21. The van der Waals surface area contributed by atoms with E-state index < -0.39 is 0 Å². The van der Waals surface area contributed by atoms with Gasteiger partial charge in [0.1, 0.15) is 5.75 Å². The van der Waals surface area contributed by atoms with Crippen LogP contribution < -0.4 is 4.74 Å². The van der Waals surface area contributed by atoms with Gasteiger partial charge in [-0.05, 0) is 18.2 Å². The molecule has 1 aromatic heterocycles. The van der Waals surface area contributed by atoms with Gasteiger partial charge in [-0.3, -0.25) is 0 Å². The number of hydrogen-bond acceptors (Lipinski definition) is 5. The van der Waals surface area contributed by atoms with Crippen molar-refractivity contribution in [2.45, 2.75) is 11.8 Å². The van der Waals surface area contributed by atoms with E-state index in [0.29, 0.717) is 32.7 Å². The third-order valence-electron chi connectivity index (χ3n) is 2.02. The molecule has 19 heavy (non-hydrogen) atoms. The Kier molecular flexibility index (Phi) is 5.13. The molecule has 2 aromatic rings. The molecule has 2 rings (SSSR count). The highest BCUT2D eigenvalue weighted by atomic mass is 35.5. The van der Waals surface area contributed by atoms with Gasteiger partial charge in [0.2, 0.25) is 0 Å². The summed E-state index contributed by atoms with van der Waals surface area (Å²) in [4.78, 5) is 0. The van der Waals surface area contributed by atoms with Gasteiger partial charge in [-0.1, -0.05) is 41.0 Å². The highest BCUT2D eigenvalue weighted by molar-refractivity contribution is 7.99. The number of halogens is 2. The Morgan fingerprint density at radius 3 is 2.95 bits per heavy atom. The zero-order valence-electron chi connectivity index (χ0n) is 9.81. The first-order valence-electron chi connectivity index (χ1n) is 5.33. The van der Waals surface area contributed by atoms with Crippen molar-refractivity contribution in [3.8, 4) is 5.75 Å². The van der Waals surface area contributed by atoms with Crippen LogP contribution in [0, 0.1) is 0 Å². The van der Waals surface area contributed by atoms with Gasteiger partial charge in [0, 0.05) is 10.8 Å². The Bertz CT molecular complexity index is 575. The molecule has 0 aliphatic rings. The van der Waals surface area contributed by atoms with E-state index in [-0.39, 0.29) is 6.61 Å². The van der Waals surface area contributed by atoms with Crippen molar-refractivity contribution in [2.24, 2.45) is 0 Å². The smallest absolute Gasteiger partial charge is 0.277 e. The molecule has 0 atom stereocenters. The average Bonchev–Trinajstić information content (AvgIpc) is 2.83. The van der Waals surface area contributed by atoms with Crippen LogP contribution in [0.5, 0.6) is 5.75 Å². The minimum atomic E-state index is 0.156. The fourth-order valence-corrected chi connectivity index (χ4v) is 2.19. The molecule has 0 N–H and O–H groups in total. The van der Waals surface area contributed by atoms with Crippen LogP contribution in [0.2, 0.25) is 10.0 Å². The monoisotopic (exact) mass is 316 g/mol. The zero-order chi connectivity index (χ0) is 13.7. The highest BCUT2D eigenvalue weighted by Gasteiger charge is 2.08. The molecule has 7 heteroatoms. The van der Waals surface area contributed by atoms with Crippen molar-refractivity contribution in [3.05, 3.63) is 46.8 Å². The van der Waals surface area contributed by atoms with E-state index in [2.05, 4.69) is 16.8 Å². The molecule has 0 bridgehead atoms.